The number of hydrogen-bond donors (Lipinski definition) is 2. The standard InChI is InChI=1S/C11H16N2O2.2ClH/c1-3-11(2)7-12-6-8-9(15-11)4-5-10(14)13-8;;/h4-5,12H,3,6-7H2,1-2H3,(H,13,14);2*1H/t11-;;/m1../s1. The van der Waals surface area contributed by atoms with E-state index in [1.807, 2.05) is 0 Å². The van der Waals surface area contributed by atoms with E-state index in [0.29, 0.717) is 6.54 Å². The SMILES string of the molecule is CC[C@]1(C)CNCc2nc(O)ccc2O1.Cl.Cl. The Morgan fingerprint density at radius 3 is 2.82 bits per heavy atom. The molecule has 6 heteroatoms. The number of ether oxygens (including phenoxy) is 1. The molecule has 0 bridgehead atoms. The summed E-state index contributed by atoms with van der Waals surface area (Å²) in [6.45, 7) is 5.60. The second-order valence-corrected chi connectivity index (χ2v) is 4.12. The number of rotatable bonds is 1. The van der Waals surface area contributed by atoms with Crippen LogP contribution < -0.4 is 10.1 Å². The summed E-state index contributed by atoms with van der Waals surface area (Å²) in [5.74, 6) is 0.807. The van der Waals surface area contributed by atoms with Gasteiger partial charge in [-0.2, -0.15) is 0 Å². The highest BCUT2D eigenvalue weighted by Gasteiger charge is 2.28. The maximum absolute atomic E-state index is 9.27. The summed E-state index contributed by atoms with van der Waals surface area (Å²) in [4.78, 5) is 4.04. The summed E-state index contributed by atoms with van der Waals surface area (Å²) in [7, 11) is 0. The molecule has 0 aliphatic carbocycles. The molecule has 0 unspecified atom stereocenters. The highest BCUT2D eigenvalue weighted by Crippen LogP contribution is 2.27. The molecule has 1 aromatic heterocycles. The van der Waals surface area contributed by atoms with Crippen LogP contribution in [0.25, 0.3) is 0 Å². The second-order valence-electron chi connectivity index (χ2n) is 4.12. The number of nitrogens with zero attached hydrogens (tertiary/aromatic N) is 1. The van der Waals surface area contributed by atoms with Gasteiger partial charge in [-0.1, -0.05) is 6.92 Å². The van der Waals surface area contributed by atoms with Gasteiger partial charge in [0.25, 0.3) is 0 Å². The highest BCUT2D eigenvalue weighted by atomic mass is 35.5. The van der Waals surface area contributed by atoms with Gasteiger partial charge in [-0.25, -0.2) is 4.98 Å². The summed E-state index contributed by atoms with van der Waals surface area (Å²) in [5, 5.41) is 12.5. The van der Waals surface area contributed by atoms with E-state index in [0.717, 1.165) is 24.4 Å². The number of nitrogens with one attached hydrogen (secondary N) is 1. The summed E-state index contributed by atoms with van der Waals surface area (Å²) >= 11 is 0. The van der Waals surface area contributed by atoms with Gasteiger partial charge in [0.05, 0.1) is 0 Å². The van der Waals surface area contributed by atoms with Crippen molar-refractivity contribution in [3.05, 3.63) is 17.8 Å². The smallest absolute Gasteiger partial charge is 0.211 e. The van der Waals surface area contributed by atoms with Crippen molar-refractivity contribution in [3.63, 3.8) is 0 Å². The van der Waals surface area contributed by atoms with Crippen LogP contribution in [0.2, 0.25) is 0 Å². The maximum atomic E-state index is 9.27. The summed E-state index contributed by atoms with van der Waals surface area (Å²) in [6.07, 6.45) is 0.931. The molecule has 2 rings (SSSR count). The van der Waals surface area contributed by atoms with E-state index in [1.54, 1.807) is 12.1 Å². The average Bonchev–Trinajstić information content (AvgIpc) is 2.37. The maximum Gasteiger partial charge on any atom is 0.211 e. The van der Waals surface area contributed by atoms with Crippen LogP contribution in [-0.4, -0.2) is 22.2 Å². The van der Waals surface area contributed by atoms with Gasteiger partial charge >= 0.3 is 0 Å². The predicted octanol–water partition coefficient (Wildman–Crippen LogP) is 2.28. The van der Waals surface area contributed by atoms with Crippen LogP contribution in [0.3, 0.4) is 0 Å². The molecule has 17 heavy (non-hydrogen) atoms. The Hall–Kier alpha value is -0.710. The fourth-order valence-electron chi connectivity index (χ4n) is 1.64. The Bertz CT molecular complexity index is 376. The van der Waals surface area contributed by atoms with E-state index in [2.05, 4.69) is 24.1 Å². The van der Waals surface area contributed by atoms with Gasteiger partial charge in [0.1, 0.15) is 17.0 Å². The van der Waals surface area contributed by atoms with Crippen molar-refractivity contribution >= 4 is 24.8 Å². The van der Waals surface area contributed by atoms with E-state index < -0.39 is 0 Å². The van der Waals surface area contributed by atoms with Crippen molar-refractivity contribution in [2.24, 2.45) is 0 Å². The molecule has 0 fully saturated rings. The third kappa shape index (κ3) is 3.63. The first-order valence-electron chi connectivity index (χ1n) is 5.21. The molecular weight excluding hydrogens is 263 g/mol. The molecule has 0 radical (unpaired) electrons. The molecule has 1 aliphatic rings. The molecule has 1 atom stereocenters. The lowest BCUT2D eigenvalue weighted by Crippen LogP contribution is -2.40. The normalized spacial score (nSPS) is 22.2. The van der Waals surface area contributed by atoms with E-state index >= 15 is 0 Å². The van der Waals surface area contributed by atoms with Crippen LogP contribution in [0, 0.1) is 0 Å². The zero-order valence-corrected chi connectivity index (χ0v) is 11.5. The Morgan fingerprint density at radius 2 is 2.18 bits per heavy atom. The minimum Gasteiger partial charge on any atom is -0.493 e. The van der Waals surface area contributed by atoms with Gasteiger partial charge in [-0.3, -0.25) is 0 Å². The lowest BCUT2D eigenvalue weighted by atomic mass is 10.0. The molecule has 0 amide bonds. The molecule has 0 saturated heterocycles. The van der Waals surface area contributed by atoms with Crippen LogP contribution >= 0.6 is 24.8 Å². The van der Waals surface area contributed by atoms with Gasteiger partial charge in [-0.05, 0) is 19.4 Å². The Balaban J connectivity index is 0.00000128. The number of fused-ring (bicyclic) bond motifs is 1. The first kappa shape index (κ1) is 16.3. The van der Waals surface area contributed by atoms with Crippen LogP contribution in [0.4, 0.5) is 0 Å². The molecule has 0 spiro atoms. The van der Waals surface area contributed by atoms with E-state index in [-0.39, 0.29) is 36.3 Å². The minimum absolute atomic E-state index is 0. The third-order valence-corrected chi connectivity index (χ3v) is 2.81. The number of aromatic nitrogens is 1. The summed E-state index contributed by atoms with van der Waals surface area (Å²) < 4.78 is 5.91. The van der Waals surface area contributed by atoms with Crippen LogP contribution in [0.5, 0.6) is 11.6 Å². The van der Waals surface area contributed by atoms with Crippen LogP contribution in [0.15, 0.2) is 12.1 Å². The lowest BCUT2D eigenvalue weighted by Gasteiger charge is -2.27. The largest absolute Gasteiger partial charge is 0.493 e. The van der Waals surface area contributed by atoms with Gasteiger partial charge in [0.2, 0.25) is 5.88 Å². The molecule has 2 N–H and O–H groups in total. The van der Waals surface area contributed by atoms with Gasteiger partial charge in [0.15, 0.2) is 0 Å². The van der Waals surface area contributed by atoms with Crippen LogP contribution in [-0.2, 0) is 6.54 Å². The molecule has 98 valence electrons. The van der Waals surface area contributed by atoms with Crippen molar-refractivity contribution < 1.29 is 9.84 Å². The fraction of sp³-hybridized carbons (Fsp3) is 0.545. The van der Waals surface area contributed by atoms with Crippen molar-refractivity contribution in [1.82, 2.24) is 10.3 Å². The summed E-state index contributed by atoms with van der Waals surface area (Å²) in [6, 6.07) is 3.33. The Labute approximate surface area is 114 Å². The number of aromatic hydroxyl groups is 1. The number of hydrogen-bond acceptors (Lipinski definition) is 4. The van der Waals surface area contributed by atoms with Crippen molar-refractivity contribution in [2.45, 2.75) is 32.4 Å². The van der Waals surface area contributed by atoms with E-state index in [1.165, 1.54) is 0 Å². The van der Waals surface area contributed by atoms with E-state index in [9.17, 15) is 5.11 Å². The topological polar surface area (TPSA) is 54.4 Å². The minimum atomic E-state index is -0.191. The molecule has 0 aromatic carbocycles. The molecule has 2 heterocycles. The molecular formula is C11H18Cl2N2O2. The molecule has 4 nitrogen and oxygen atoms in total. The first-order chi connectivity index (χ1) is 7.13. The van der Waals surface area contributed by atoms with Crippen molar-refractivity contribution in [3.8, 4) is 11.6 Å². The quantitative estimate of drug-likeness (QED) is 0.829. The highest BCUT2D eigenvalue weighted by molar-refractivity contribution is 5.85. The average molecular weight is 281 g/mol. The zero-order valence-electron chi connectivity index (χ0n) is 9.90. The molecule has 1 aliphatic heterocycles. The molecule has 1 aromatic rings. The van der Waals surface area contributed by atoms with Crippen molar-refractivity contribution in [1.29, 1.82) is 0 Å². The van der Waals surface area contributed by atoms with Crippen LogP contribution in [0.1, 0.15) is 26.0 Å². The van der Waals surface area contributed by atoms with E-state index in [4.69, 9.17) is 4.74 Å². The Kier molecular flexibility index (Phi) is 6.02. The second kappa shape index (κ2) is 6.28. The Morgan fingerprint density at radius 1 is 1.47 bits per heavy atom. The third-order valence-electron chi connectivity index (χ3n) is 2.81. The van der Waals surface area contributed by atoms with Gasteiger partial charge in [-0.15, -0.1) is 24.8 Å². The van der Waals surface area contributed by atoms with Gasteiger partial charge in [0, 0.05) is 19.2 Å². The summed E-state index contributed by atoms with van der Waals surface area (Å²) in [5.41, 5.74) is 0.580. The monoisotopic (exact) mass is 280 g/mol. The number of pyridine rings is 1. The predicted molar refractivity (Wildman–Crippen MR) is 71.4 cm³/mol. The fourth-order valence-corrected chi connectivity index (χ4v) is 1.64. The molecule has 0 saturated carbocycles. The number of halogens is 2. The lowest BCUT2D eigenvalue weighted by molar-refractivity contribution is 0.0896. The first-order valence-corrected chi connectivity index (χ1v) is 5.21. The zero-order chi connectivity index (χ0) is 10.9. The van der Waals surface area contributed by atoms with Gasteiger partial charge < -0.3 is 15.2 Å². The van der Waals surface area contributed by atoms with Crippen molar-refractivity contribution in [2.75, 3.05) is 6.54 Å².